The predicted octanol–water partition coefficient (Wildman–Crippen LogP) is 6.18. The normalized spacial score (nSPS) is 11.1. The number of fused-ring (bicyclic) bond motifs is 1. The van der Waals surface area contributed by atoms with E-state index in [0.29, 0.717) is 0 Å². The zero-order chi connectivity index (χ0) is 31.5. The van der Waals surface area contributed by atoms with Crippen LogP contribution in [0.2, 0.25) is 0 Å². The molecule has 0 fully saturated rings. The molecule has 0 saturated carbocycles. The lowest BCUT2D eigenvalue weighted by atomic mass is 10.0. The Kier molecular flexibility index (Phi) is 8.54. The molecule has 2 aromatic heterocycles. The molecule has 0 saturated heterocycles. The lowest BCUT2D eigenvalue weighted by molar-refractivity contribution is 0.0692. The Morgan fingerprint density at radius 1 is 0.932 bits per heavy atom. The molecule has 0 unspecified atom stereocenters. The van der Waals surface area contributed by atoms with Gasteiger partial charge in [0.05, 0.1) is 35.0 Å². The number of halogens is 5. The Bertz CT molecular complexity index is 1950. The number of rotatable bonds is 10. The third kappa shape index (κ3) is 5.93. The predicted molar refractivity (Wildman–Crippen MR) is 146 cm³/mol. The van der Waals surface area contributed by atoms with Crippen LogP contribution in [0.3, 0.4) is 0 Å². The average molecular weight is 609 g/mol. The molecule has 0 aliphatic heterocycles. The van der Waals surface area contributed by atoms with E-state index >= 15 is 13.2 Å². The minimum absolute atomic E-state index is 0.0211. The second-order valence-electron chi connectivity index (χ2n) is 9.56. The monoisotopic (exact) mass is 608 g/mol. The van der Waals surface area contributed by atoms with Crippen LogP contribution < -0.4 is 4.74 Å². The molecule has 0 atom stereocenters. The van der Waals surface area contributed by atoms with Crippen LogP contribution in [0.4, 0.5) is 22.0 Å². The number of aromatic nitrogens is 3. The summed E-state index contributed by atoms with van der Waals surface area (Å²) < 4.78 is 86.2. The maximum Gasteiger partial charge on any atom is 0.338 e. The van der Waals surface area contributed by atoms with Crippen LogP contribution in [0.15, 0.2) is 54.6 Å². The number of nitrogens with zero attached hydrogens (tertiary/aromatic N) is 4. The number of ether oxygens (including phenoxy) is 2. The molecule has 0 aliphatic rings. The molecule has 44 heavy (non-hydrogen) atoms. The van der Waals surface area contributed by atoms with E-state index in [1.807, 2.05) is 0 Å². The van der Waals surface area contributed by atoms with Crippen molar-refractivity contribution in [2.75, 3.05) is 13.7 Å². The Balaban J connectivity index is 1.45. The van der Waals surface area contributed by atoms with Crippen LogP contribution >= 0.6 is 0 Å². The number of nitriles is 1. The highest BCUT2D eigenvalue weighted by Crippen LogP contribution is 2.30. The number of carboxylic acids is 1. The van der Waals surface area contributed by atoms with Crippen molar-refractivity contribution < 1.29 is 41.3 Å². The van der Waals surface area contributed by atoms with E-state index in [4.69, 9.17) is 14.7 Å². The molecule has 1 N–H and O–H groups in total. The highest BCUT2D eigenvalue weighted by atomic mass is 19.1. The third-order valence-electron chi connectivity index (χ3n) is 6.80. The number of imidazole rings is 1. The van der Waals surface area contributed by atoms with Crippen molar-refractivity contribution in [1.82, 2.24) is 14.5 Å². The minimum Gasteiger partial charge on any atom is -0.478 e. The van der Waals surface area contributed by atoms with Gasteiger partial charge in [0.25, 0.3) is 5.88 Å². The number of pyridine rings is 1. The Morgan fingerprint density at radius 2 is 1.70 bits per heavy atom. The summed E-state index contributed by atoms with van der Waals surface area (Å²) in [5.41, 5.74) is -1.07. The number of carboxylic acid groups (broad SMARTS) is 1. The van der Waals surface area contributed by atoms with E-state index in [1.165, 1.54) is 29.9 Å². The Labute approximate surface area is 246 Å². The quantitative estimate of drug-likeness (QED) is 0.189. The summed E-state index contributed by atoms with van der Waals surface area (Å²) in [5.74, 6) is -6.39. The second-order valence-corrected chi connectivity index (χ2v) is 9.56. The first kappa shape index (κ1) is 30.1. The van der Waals surface area contributed by atoms with Gasteiger partial charge in [-0.1, -0.05) is 6.07 Å². The van der Waals surface area contributed by atoms with Gasteiger partial charge in [-0.2, -0.15) is 5.26 Å². The van der Waals surface area contributed by atoms with Gasteiger partial charge >= 0.3 is 5.97 Å². The first-order valence-corrected chi connectivity index (χ1v) is 13.0. The van der Waals surface area contributed by atoms with Crippen molar-refractivity contribution in [3.63, 3.8) is 0 Å². The highest BCUT2D eigenvalue weighted by molar-refractivity contribution is 5.93. The summed E-state index contributed by atoms with van der Waals surface area (Å²) in [6.07, 6.45) is -0.287. The van der Waals surface area contributed by atoms with Gasteiger partial charge in [-0.25, -0.2) is 36.7 Å². The van der Waals surface area contributed by atoms with Gasteiger partial charge in [0.2, 0.25) is 0 Å². The fraction of sp³-hybridized carbons (Fsp3) is 0.161. The fourth-order valence-corrected chi connectivity index (χ4v) is 4.60. The molecular weight excluding hydrogens is 587 g/mol. The summed E-state index contributed by atoms with van der Waals surface area (Å²) >= 11 is 0. The van der Waals surface area contributed by atoms with Crippen LogP contribution in [0.25, 0.3) is 22.3 Å². The summed E-state index contributed by atoms with van der Waals surface area (Å²) in [4.78, 5) is 19.7. The SMILES string of the molecule is COCCn1c(Cc2cc(F)c(-c3ccc(F)c(OCc4ccc(C#N)cc4F)n3)cc2F)nc2ccc(C(=O)O)c(F)c21. The van der Waals surface area contributed by atoms with Gasteiger partial charge in [-0.05, 0) is 54.1 Å². The fourth-order valence-electron chi connectivity index (χ4n) is 4.60. The molecule has 0 bridgehead atoms. The van der Waals surface area contributed by atoms with E-state index in [0.717, 1.165) is 36.4 Å². The van der Waals surface area contributed by atoms with Crippen LogP contribution in [0.5, 0.6) is 5.88 Å². The zero-order valence-corrected chi connectivity index (χ0v) is 22.9. The number of methoxy groups -OCH3 is 1. The van der Waals surface area contributed by atoms with Gasteiger partial charge in [0.15, 0.2) is 11.6 Å². The molecule has 0 aliphatic carbocycles. The maximum atomic E-state index is 15.4. The van der Waals surface area contributed by atoms with E-state index in [1.54, 1.807) is 6.07 Å². The molecule has 2 heterocycles. The largest absolute Gasteiger partial charge is 0.478 e. The molecule has 224 valence electrons. The van der Waals surface area contributed by atoms with Gasteiger partial charge < -0.3 is 19.1 Å². The summed E-state index contributed by atoms with van der Waals surface area (Å²) in [7, 11) is 1.41. The molecule has 8 nitrogen and oxygen atoms in total. The molecule has 0 spiro atoms. The number of benzene rings is 3. The highest BCUT2D eigenvalue weighted by Gasteiger charge is 2.22. The van der Waals surface area contributed by atoms with Gasteiger partial charge in [0, 0.05) is 31.2 Å². The number of hydrogen-bond acceptors (Lipinski definition) is 6. The molecule has 0 amide bonds. The molecule has 13 heteroatoms. The lowest BCUT2D eigenvalue weighted by Gasteiger charge is -2.12. The zero-order valence-electron chi connectivity index (χ0n) is 22.9. The van der Waals surface area contributed by atoms with Crippen molar-refractivity contribution >= 4 is 17.0 Å². The van der Waals surface area contributed by atoms with Gasteiger partial charge in [0.1, 0.15) is 35.4 Å². The van der Waals surface area contributed by atoms with E-state index in [2.05, 4.69) is 9.97 Å². The van der Waals surface area contributed by atoms with Gasteiger partial charge in [-0.15, -0.1) is 0 Å². The molecule has 3 aromatic carbocycles. The Hall–Kier alpha value is -5.35. The number of aromatic carboxylic acids is 1. The number of hydrogen-bond donors (Lipinski definition) is 1. The van der Waals surface area contributed by atoms with E-state index < -0.39 is 53.1 Å². The standard InChI is InChI=1S/C31H21F5N4O4/c1-43-9-8-40-27(38-26-6-4-19(31(41)42)28(36)29(26)40)12-18-11-24(35)20(13-23(18)34)25-7-5-21(32)30(39-25)44-15-17-3-2-16(14-37)10-22(17)33/h2-7,10-11,13H,8-9,12,15H2,1H3,(H,41,42). The van der Waals surface area contributed by atoms with Crippen molar-refractivity contribution in [3.05, 3.63) is 112 Å². The molecule has 5 aromatic rings. The maximum absolute atomic E-state index is 15.4. The first-order chi connectivity index (χ1) is 21.1. The lowest BCUT2D eigenvalue weighted by Crippen LogP contribution is -2.11. The van der Waals surface area contributed by atoms with E-state index in [9.17, 15) is 18.7 Å². The smallest absolute Gasteiger partial charge is 0.338 e. The van der Waals surface area contributed by atoms with Crippen molar-refractivity contribution in [3.8, 4) is 23.2 Å². The molecular formula is C31H21F5N4O4. The van der Waals surface area contributed by atoms with Crippen molar-refractivity contribution in [1.29, 1.82) is 5.26 Å². The van der Waals surface area contributed by atoms with Crippen LogP contribution in [-0.2, 0) is 24.3 Å². The summed E-state index contributed by atoms with van der Waals surface area (Å²) in [5, 5.41) is 18.2. The van der Waals surface area contributed by atoms with Crippen LogP contribution in [-0.4, -0.2) is 39.3 Å². The first-order valence-electron chi connectivity index (χ1n) is 13.0. The second kappa shape index (κ2) is 12.5. The van der Waals surface area contributed by atoms with Crippen LogP contribution in [0, 0.1) is 40.4 Å². The molecule has 0 radical (unpaired) electrons. The molecule has 5 rings (SSSR count). The average Bonchev–Trinajstić information content (AvgIpc) is 3.35. The van der Waals surface area contributed by atoms with Crippen LogP contribution in [0.1, 0.15) is 32.9 Å². The summed E-state index contributed by atoms with van der Waals surface area (Å²) in [6, 6.07) is 11.7. The minimum atomic E-state index is -1.47. The summed E-state index contributed by atoms with van der Waals surface area (Å²) in [6.45, 7) is -0.290. The third-order valence-corrected chi connectivity index (χ3v) is 6.80. The number of carbonyl (C=O) groups is 1. The van der Waals surface area contributed by atoms with E-state index in [-0.39, 0.29) is 64.4 Å². The topological polar surface area (TPSA) is 110 Å². The van der Waals surface area contributed by atoms with Crippen molar-refractivity contribution in [2.45, 2.75) is 19.6 Å². The Morgan fingerprint density at radius 3 is 2.41 bits per heavy atom. The van der Waals surface area contributed by atoms with Crippen molar-refractivity contribution in [2.24, 2.45) is 0 Å². The van der Waals surface area contributed by atoms with Gasteiger partial charge in [-0.3, -0.25) is 0 Å².